The predicted molar refractivity (Wildman–Crippen MR) is 92.1 cm³/mol. The number of anilines is 1. The van der Waals surface area contributed by atoms with Crippen LogP contribution in [0.15, 0.2) is 24.3 Å². The summed E-state index contributed by atoms with van der Waals surface area (Å²) in [6.07, 6.45) is 1.09. The highest BCUT2D eigenvalue weighted by molar-refractivity contribution is 7.92. The summed E-state index contributed by atoms with van der Waals surface area (Å²) in [6, 6.07) is 6.63. The molecule has 6 nitrogen and oxygen atoms in total. The van der Waals surface area contributed by atoms with E-state index in [9.17, 15) is 13.2 Å². The Hall–Kier alpha value is -1.60. The van der Waals surface area contributed by atoms with E-state index in [0.717, 1.165) is 25.9 Å². The second-order valence-corrected chi connectivity index (χ2v) is 8.19. The first-order valence-corrected chi connectivity index (χ1v) is 9.73. The molecule has 1 fully saturated rings. The fourth-order valence-electron chi connectivity index (χ4n) is 2.76. The lowest BCUT2D eigenvalue weighted by molar-refractivity contribution is 0.0624. The van der Waals surface area contributed by atoms with Gasteiger partial charge in [0.1, 0.15) is 0 Å². The molecule has 1 heterocycles. The first-order valence-electron chi connectivity index (χ1n) is 7.84. The van der Waals surface area contributed by atoms with Gasteiger partial charge >= 0.3 is 0 Å². The maximum Gasteiger partial charge on any atom is 0.254 e. The Morgan fingerprint density at radius 3 is 2.43 bits per heavy atom. The lowest BCUT2D eigenvalue weighted by atomic mass is 10.1. The maximum absolute atomic E-state index is 12.6. The van der Waals surface area contributed by atoms with Crippen LogP contribution in [0, 0.1) is 5.92 Å². The number of piperazine rings is 1. The zero-order valence-corrected chi connectivity index (χ0v) is 14.8. The van der Waals surface area contributed by atoms with E-state index < -0.39 is 10.0 Å². The van der Waals surface area contributed by atoms with Gasteiger partial charge in [-0.3, -0.25) is 14.4 Å². The van der Waals surface area contributed by atoms with Crippen molar-refractivity contribution in [2.45, 2.75) is 13.8 Å². The molecule has 1 aromatic rings. The molecule has 0 atom stereocenters. The minimum atomic E-state index is -3.34. The molecular formula is C16H25N3O3S. The normalized spacial score (nSPS) is 16.6. The van der Waals surface area contributed by atoms with Crippen LogP contribution in [-0.4, -0.2) is 63.1 Å². The van der Waals surface area contributed by atoms with Crippen molar-refractivity contribution in [1.82, 2.24) is 9.80 Å². The molecule has 7 heteroatoms. The number of nitrogens with zero attached hydrogens (tertiary/aromatic N) is 2. The van der Waals surface area contributed by atoms with Crippen LogP contribution in [0.4, 0.5) is 5.69 Å². The summed E-state index contributed by atoms with van der Waals surface area (Å²) in [6.45, 7) is 8.60. The summed E-state index contributed by atoms with van der Waals surface area (Å²) >= 11 is 0. The van der Waals surface area contributed by atoms with E-state index in [1.807, 2.05) is 4.90 Å². The lowest BCUT2D eigenvalue weighted by Crippen LogP contribution is -2.49. The SMILES string of the molecule is CC(C)CN1CCN(C(=O)c2cccc(NS(C)(=O)=O)c2)CC1. The van der Waals surface area contributed by atoms with Gasteiger partial charge in [-0.05, 0) is 24.1 Å². The Labute approximate surface area is 138 Å². The summed E-state index contributed by atoms with van der Waals surface area (Å²) in [5.74, 6) is 0.572. The van der Waals surface area contributed by atoms with Crippen molar-refractivity contribution in [3.05, 3.63) is 29.8 Å². The number of hydrogen-bond acceptors (Lipinski definition) is 4. The third-order valence-corrected chi connectivity index (χ3v) is 4.30. The number of nitrogens with one attached hydrogen (secondary N) is 1. The van der Waals surface area contributed by atoms with Gasteiger partial charge in [0.05, 0.1) is 6.26 Å². The molecule has 0 unspecified atom stereocenters. The number of carbonyl (C=O) groups excluding carboxylic acids is 1. The fraction of sp³-hybridized carbons (Fsp3) is 0.562. The van der Waals surface area contributed by atoms with Crippen LogP contribution < -0.4 is 4.72 Å². The Morgan fingerprint density at radius 1 is 1.22 bits per heavy atom. The molecule has 1 aliphatic heterocycles. The molecule has 1 aromatic carbocycles. The molecule has 1 N–H and O–H groups in total. The van der Waals surface area contributed by atoms with Crippen LogP contribution in [0.25, 0.3) is 0 Å². The van der Waals surface area contributed by atoms with Crippen molar-refractivity contribution in [2.24, 2.45) is 5.92 Å². The smallest absolute Gasteiger partial charge is 0.254 e. The van der Waals surface area contributed by atoms with Crippen molar-refractivity contribution in [3.63, 3.8) is 0 Å². The van der Waals surface area contributed by atoms with Crippen molar-refractivity contribution in [1.29, 1.82) is 0 Å². The van der Waals surface area contributed by atoms with E-state index in [0.29, 0.717) is 30.3 Å². The number of hydrogen-bond donors (Lipinski definition) is 1. The zero-order chi connectivity index (χ0) is 17.0. The summed E-state index contributed by atoms with van der Waals surface area (Å²) in [5.41, 5.74) is 0.924. The van der Waals surface area contributed by atoms with Gasteiger partial charge in [-0.15, -0.1) is 0 Å². The second kappa shape index (κ2) is 7.31. The molecule has 0 aliphatic carbocycles. The Balaban J connectivity index is 2.00. The highest BCUT2D eigenvalue weighted by Gasteiger charge is 2.22. The average molecular weight is 339 g/mol. The lowest BCUT2D eigenvalue weighted by Gasteiger charge is -2.35. The van der Waals surface area contributed by atoms with E-state index in [1.165, 1.54) is 0 Å². The predicted octanol–water partition coefficient (Wildman–Crippen LogP) is 1.47. The molecular weight excluding hydrogens is 314 g/mol. The summed E-state index contributed by atoms with van der Waals surface area (Å²) in [4.78, 5) is 16.8. The summed E-state index contributed by atoms with van der Waals surface area (Å²) < 4.78 is 25.0. The van der Waals surface area contributed by atoms with Gasteiger partial charge in [0.25, 0.3) is 5.91 Å². The van der Waals surface area contributed by atoms with E-state index in [1.54, 1.807) is 24.3 Å². The van der Waals surface area contributed by atoms with Gasteiger partial charge in [-0.2, -0.15) is 0 Å². The Morgan fingerprint density at radius 2 is 1.87 bits per heavy atom. The van der Waals surface area contributed by atoms with Crippen molar-refractivity contribution >= 4 is 21.6 Å². The molecule has 1 amide bonds. The third-order valence-electron chi connectivity index (χ3n) is 3.70. The Kier molecular flexibility index (Phi) is 5.64. The molecule has 0 bridgehead atoms. The van der Waals surface area contributed by atoms with Crippen molar-refractivity contribution < 1.29 is 13.2 Å². The Bertz CT molecular complexity index is 650. The van der Waals surface area contributed by atoms with Gasteiger partial charge < -0.3 is 4.90 Å². The quantitative estimate of drug-likeness (QED) is 0.882. The molecule has 128 valence electrons. The molecule has 23 heavy (non-hydrogen) atoms. The van der Waals surface area contributed by atoms with Gasteiger partial charge in [-0.1, -0.05) is 19.9 Å². The minimum Gasteiger partial charge on any atom is -0.336 e. The van der Waals surface area contributed by atoms with Crippen LogP contribution in [0.5, 0.6) is 0 Å². The highest BCUT2D eigenvalue weighted by Crippen LogP contribution is 2.15. The average Bonchev–Trinajstić information content (AvgIpc) is 2.45. The first-order chi connectivity index (χ1) is 10.7. The van der Waals surface area contributed by atoms with Crippen LogP contribution in [-0.2, 0) is 10.0 Å². The van der Waals surface area contributed by atoms with Crippen LogP contribution in [0.1, 0.15) is 24.2 Å². The summed E-state index contributed by atoms with van der Waals surface area (Å²) in [5, 5.41) is 0. The zero-order valence-electron chi connectivity index (χ0n) is 13.9. The van der Waals surface area contributed by atoms with E-state index in [-0.39, 0.29) is 5.91 Å². The first kappa shape index (κ1) is 17.7. The molecule has 2 rings (SSSR count). The van der Waals surface area contributed by atoms with E-state index in [2.05, 4.69) is 23.5 Å². The van der Waals surface area contributed by atoms with Gasteiger partial charge in [0, 0.05) is 44.0 Å². The number of benzene rings is 1. The van der Waals surface area contributed by atoms with Crippen molar-refractivity contribution in [3.8, 4) is 0 Å². The molecule has 0 radical (unpaired) electrons. The minimum absolute atomic E-state index is 0.0497. The van der Waals surface area contributed by atoms with Crippen LogP contribution in [0.2, 0.25) is 0 Å². The van der Waals surface area contributed by atoms with E-state index >= 15 is 0 Å². The number of sulfonamides is 1. The maximum atomic E-state index is 12.6. The number of rotatable bonds is 5. The standard InChI is InChI=1S/C16H25N3O3S/c1-13(2)12-18-7-9-19(10-8-18)16(20)14-5-4-6-15(11-14)17-23(3,21)22/h4-6,11,13,17H,7-10,12H2,1-3H3. The molecule has 0 spiro atoms. The largest absolute Gasteiger partial charge is 0.336 e. The topological polar surface area (TPSA) is 69.7 Å². The van der Waals surface area contributed by atoms with Crippen molar-refractivity contribution in [2.75, 3.05) is 43.7 Å². The van der Waals surface area contributed by atoms with Crippen LogP contribution >= 0.6 is 0 Å². The molecule has 0 saturated carbocycles. The number of amides is 1. The molecule has 1 saturated heterocycles. The monoisotopic (exact) mass is 339 g/mol. The number of carbonyl (C=O) groups is 1. The molecule has 1 aliphatic rings. The van der Waals surface area contributed by atoms with E-state index in [4.69, 9.17) is 0 Å². The third kappa shape index (κ3) is 5.51. The van der Waals surface area contributed by atoms with Gasteiger partial charge in [-0.25, -0.2) is 8.42 Å². The van der Waals surface area contributed by atoms with Crippen LogP contribution in [0.3, 0.4) is 0 Å². The van der Waals surface area contributed by atoms with Gasteiger partial charge in [0.15, 0.2) is 0 Å². The molecule has 0 aromatic heterocycles. The highest BCUT2D eigenvalue weighted by atomic mass is 32.2. The fourth-order valence-corrected chi connectivity index (χ4v) is 3.32. The second-order valence-electron chi connectivity index (χ2n) is 6.44. The summed E-state index contributed by atoms with van der Waals surface area (Å²) in [7, 11) is -3.34. The van der Waals surface area contributed by atoms with Gasteiger partial charge in [0.2, 0.25) is 10.0 Å².